The van der Waals surface area contributed by atoms with E-state index in [1.165, 1.54) is 0 Å². The average Bonchev–Trinajstić information content (AvgIpc) is 2.06. The summed E-state index contributed by atoms with van der Waals surface area (Å²) in [5.41, 5.74) is 0. The van der Waals surface area contributed by atoms with E-state index in [0.29, 0.717) is 19.8 Å². The molecule has 0 rings (SSSR count). The van der Waals surface area contributed by atoms with Crippen LogP contribution in [0.3, 0.4) is 0 Å². The molecule has 0 atom stereocenters. The van der Waals surface area contributed by atoms with Crippen molar-refractivity contribution in [3.8, 4) is 0 Å². The van der Waals surface area contributed by atoms with Gasteiger partial charge in [0.15, 0.2) is 0 Å². The van der Waals surface area contributed by atoms with Gasteiger partial charge in [0.05, 0.1) is 0 Å². The predicted molar refractivity (Wildman–Crippen MR) is 54.4 cm³/mol. The van der Waals surface area contributed by atoms with Crippen molar-refractivity contribution in [3.05, 3.63) is 0 Å². The summed E-state index contributed by atoms with van der Waals surface area (Å²) < 4.78 is 17.5. The Labute approximate surface area is 88.4 Å². The van der Waals surface area contributed by atoms with Crippen LogP contribution < -0.4 is 0 Å². The van der Waals surface area contributed by atoms with Crippen molar-refractivity contribution >= 4 is 35.5 Å². The fourth-order valence-electron chi connectivity index (χ4n) is 0.900. The topological polar surface area (TPSA) is 27.7 Å². The second-order valence-corrected chi connectivity index (χ2v) is 13.0. The Kier molecular flexibility index (Phi) is 8.28. The molecule has 0 aliphatic heterocycles. The van der Waals surface area contributed by atoms with Crippen LogP contribution in [0.5, 0.6) is 0 Å². The molecule has 0 aromatic rings. The normalized spacial score (nSPS) is 12.0. The molecule has 0 saturated carbocycles. The van der Waals surface area contributed by atoms with Crippen LogP contribution in [0, 0.1) is 0 Å². The van der Waals surface area contributed by atoms with Crippen molar-refractivity contribution in [2.75, 3.05) is 23.2 Å². The van der Waals surface area contributed by atoms with Gasteiger partial charge in [0, 0.05) is 0 Å². The monoisotopic (exact) mass is 348 g/mol. The third kappa shape index (κ3) is 4.41. The molecule has 0 heterocycles. The molecule has 3 nitrogen and oxygen atoms in total. The van der Waals surface area contributed by atoms with Gasteiger partial charge in [-0.05, 0) is 0 Å². The zero-order valence-corrected chi connectivity index (χ0v) is 12.4. The molecule has 5 heteroatoms. The van der Waals surface area contributed by atoms with E-state index in [9.17, 15) is 0 Å². The molecule has 12 heavy (non-hydrogen) atoms. The van der Waals surface area contributed by atoms with Crippen molar-refractivity contribution in [2.45, 2.75) is 20.8 Å². The number of rotatable bonds is 7. The molecule has 0 aromatic heterocycles. The summed E-state index contributed by atoms with van der Waals surface area (Å²) in [4.78, 5) is 0. The molecule has 0 unspecified atom stereocenters. The maximum absolute atomic E-state index is 5.58. The van der Waals surface area contributed by atoms with E-state index in [1.54, 1.807) is 0 Å². The van der Waals surface area contributed by atoms with Gasteiger partial charge in [0.2, 0.25) is 0 Å². The zero-order chi connectivity index (χ0) is 9.45. The Morgan fingerprint density at radius 1 is 0.917 bits per heavy atom. The average molecular weight is 348 g/mol. The Morgan fingerprint density at radius 2 is 1.25 bits per heavy atom. The van der Waals surface area contributed by atoms with Crippen LogP contribution in [0.2, 0.25) is 0 Å². The fraction of sp³-hybridized carbons (Fsp3) is 1.00. The molecule has 0 N–H and O–H groups in total. The number of hydrogen-bond acceptors (Lipinski definition) is 3. The summed E-state index contributed by atoms with van der Waals surface area (Å²) in [7, 11) is 0. The Balaban J connectivity index is 4.06. The van der Waals surface area contributed by atoms with Crippen molar-refractivity contribution < 1.29 is 9.22 Å². The van der Waals surface area contributed by atoms with Crippen molar-refractivity contribution in [1.82, 2.24) is 0 Å². The van der Waals surface area contributed by atoms with Crippen molar-refractivity contribution in [1.29, 1.82) is 0 Å². The Hall–Kier alpha value is 1.16. The zero-order valence-electron chi connectivity index (χ0n) is 7.93. The minimum absolute atomic E-state index is 0.668. The standard InChI is InChI=1S/3C2H5O.CH2Br.Sn/c3*1-2-3;1-2;/h3*2H2,1H3;1H2;/q3*-1;;+3. The third-order valence-corrected chi connectivity index (χ3v) is 13.0. The molecule has 0 radical (unpaired) electrons. The number of alkyl halides is 1. The molecular weight excluding hydrogens is 331 g/mol. The Bertz CT molecular complexity index is 95.8. The van der Waals surface area contributed by atoms with Gasteiger partial charge in [-0.1, -0.05) is 0 Å². The van der Waals surface area contributed by atoms with Gasteiger partial charge >= 0.3 is 88.7 Å². The molecule has 0 aliphatic rings. The second kappa shape index (κ2) is 7.55. The van der Waals surface area contributed by atoms with Crippen LogP contribution in [-0.4, -0.2) is 42.8 Å². The summed E-state index contributed by atoms with van der Waals surface area (Å²) in [6.07, 6.45) is 0. The molecular formula is C7H17BrO3Sn. The number of halogens is 1. The van der Waals surface area contributed by atoms with E-state index in [4.69, 9.17) is 9.22 Å². The van der Waals surface area contributed by atoms with Gasteiger partial charge in [-0.15, -0.1) is 0 Å². The van der Waals surface area contributed by atoms with Gasteiger partial charge < -0.3 is 0 Å². The number of hydrogen-bond donors (Lipinski definition) is 0. The van der Waals surface area contributed by atoms with Crippen LogP contribution in [0.4, 0.5) is 0 Å². The van der Waals surface area contributed by atoms with E-state index in [2.05, 4.69) is 15.9 Å². The third-order valence-electron chi connectivity index (χ3n) is 1.26. The SMILES string of the molecule is CC[O][Sn]([CH2]Br)([O]CC)[O]CC. The molecule has 0 saturated heterocycles. The van der Waals surface area contributed by atoms with Gasteiger partial charge in [-0.25, -0.2) is 0 Å². The van der Waals surface area contributed by atoms with E-state index in [-0.39, 0.29) is 0 Å². The first-order chi connectivity index (χ1) is 5.74. The van der Waals surface area contributed by atoms with Gasteiger partial charge in [0.25, 0.3) is 0 Å². The van der Waals surface area contributed by atoms with E-state index in [0.717, 1.165) is 3.35 Å². The molecule has 0 fully saturated rings. The molecule has 0 bridgehead atoms. The van der Waals surface area contributed by atoms with Crippen LogP contribution >= 0.6 is 15.9 Å². The van der Waals surface area contributed by atoms with Gasteiger partial charge in [-0.2, -0.15) is 0 Å². The second-order valence-electron chi connectivity index (χ2n) is 2.12. The first-order valence-electron chi connectivity index (χ1n) is 4.22. The Morgan fingerprint density at radius 3 is 1.42 bits per heavy atom. The maximum atomic E-state index is 5.58. The summed E-state index contributed by atoms with van der Waals surface area (Å²) in [5, 5.41) is 0. The van der Waals surface area contributed by atoms with Crippen LogP contribution in [0.15, 0.2) is 0 Å². The fourth-order valence-corrected chi connectivity index (χ4v) is 9.30. The summed E-state index contributed by atoms with van der Waals surface area (Å²) >= 11 is 0.293. The van der Waals surface area contributed by atoms with Gasteiger partial charge in [-0.3, -0.25) is 0 Å². The quantitative estimate of drug-likeness (QED) is 0.520. The van der Waals surface area contributed by atoms with E-state index in [1.807, 2.05) is 20.8 Å². The van der Waals surface area contributed by atoms with Crippen molar-refractivity contribution in [3.63, 3.8) is 0 Å². The molecule has 0 aromatic carbocycles. The molecule has 0 spiro atoms. The predicted octanol–water partition coefficient (Wildman–Crippen LogP) is 1.97. The molecule has 0 aliphatic carbocycles. The van der Waals surface area contributed by atoms with Crippen molar-refractivity contribution in [2.24, 2.45) is 0 Å². The van der Waals surface area contributed by atoms with Gasteiger partial charge in [0.1, 0.15) is 0 Å². The molecule has 74 valence electrons. The van der Waals surface area contributed by atoms with E-state index >= 15 is 0 Å². The first-order valence-corrected chi connectivity index (χ1v) is 10.9. The van der Waals surface area contributed by atoms with Crippen LogP contribution in [-0.2, 0) is 9.22 Å². The summed E-state index contributed by atoms with van der Waals surface area (Å²) in [6.45, 7) is 7.90. The minimum atomic E-state index is -3.10. The van der Waals surface area contributed by atoms with Crippen LogP contribution in [0.25, 0.3) is 0 Å². The first kappa shape index (κ1) is 13.2. The summed E-state index contributed by atoms with van der Waals surface area (Å²) in [6, 6.07) is 0. The van der Waals surface area contributed by atoms with E-state index < -0.39 is 19.6 Å². The summed E-state index contributed by atoms with van der Waals surface area (Å²) in [5.74, 6) is 0. The molecule has 0 amide bonds. The van der Waals surface area contributed by atoms with Crippen LogP contribution in [0.1, 0.15) is 20.8 Å².